The second kappa shape index (κ2) is 10.4. The number of nitrogens with one attached hydrogen (secondary N) is 1. The third-order valence-corrected chi connectivity index (χ3v) is 5.43. The Morgan fingerprint density at radius 3 is 2.14 bits per heavy atom. The van der Waals surface area contributed by atoms with Crippen molar-refractivity contribution in [2.24, 2.45) is 17.8 Å². The molecule has 4 atom stereocenters. The standard InChI is InChI=1S/C22H40N2O5/c1-13(2)16(15(5)25)12-18(26)17-10-9-11-24(17)20(27)19(14(3)4)23-21(28)29-22(6,7)8/h13-17,19,25H,9-12H2,1-8H3,(H,23,28)/t15?,16?,17-,19-/m1/s1. The first-order valence-corrected chi connectivity index (χ1v) is 10.7. The molecule has 29 heavy (non-hydrogen) atoms. The highest BCUT2D eigenvalue weighted by molar-refractivity contribution is 5.93. The quantitative estimate of drug-likeness (QED) is 0.638. The molecule has 0 bridgehead atoms. The zero-order valence-electron chi connectivity index (χ0n) is 19.3. The molecular weight excluding hydrogens is 372 g/mol. The van der Waals surface area contributed by atoms with E-state index in [2.05, 4.69) is 5.32 Å². The molecular formula is C22H40N2O5. The van der Waals surface area contributed by atoms with Crippen molar-refractivity contribution >= 4 is 17.8 Å². The van der Waals surface area contributed by atoms with E-state index in [-0.39, 0.29) is 35.9 Å². The van der Waals surface area contributed by atoms with Gasteiger partial charge in [-0.2, -0.15) is 0 Å². The van der Waals surface area contributed by atoms with E-state index in [4.69, 9.17) is 4.74 Å². The maximum Gasteiger partial charge on any atom is 0.408 e. The molecule has 0 aromatic carbocycles. The molecule has 0 aliphatic carbocycles. The van der Waals surface area contributed by atoms with Crippen molar-refractivity contribution in [3.8, 4) is 0 Å². The first kappa shape index (κ1) is 25.4. The normalized spacial score (nSPS) is 20.5. The second-order valence-electron chi connectivity index (χ2n) is 9.88. The zero-order chi connectivity index (χ0) is 22.5. The number of ether oxygens (including phenoxy) is 1. The summed E-state index contributed by atoms with van der Waals surface area (Å²) in [6.45, 7) is 15.2. The fourth-order valence-electron chi connectivity index (χ4n) is 3.82. The molecule has 1 aliphatic heterocycles. The average Bonchev–Trinajstić information content (AvgIpc) is 3.04. The number of hydrogen-bond donors (Lipinski definition) is 2. The summed E-state index contributed by atoms with van der Waals surface area (Å²) in [5, 5.41) is 12.7. The van der Waals surface area contributed by atoms with E-state index in [0.29, 0.717) is 13.0 Å². The number of alkyl carbamates (subject to hydrolysis) is 1. The number of aliphatic hydroxyl groups excluding tert-OH is 1. The number of nitrogens with zero attached hydrogens (tertiary/aromatic N) is 1. The van der Waals surface area contributed by atoms with Gasteiger partial charge in [0.05, 0.1) is 12.1 Å². The maximum absolute atomic E-state index is 13.2. The van der Waals surface area contributed by atoms with Gasteiger partial charge in [-0.15, -0.1) is 0 Å². The predicted octanol–water partition coefficient (Wildman–Crippen LogP) is 3.14. The van der Waals surface area contributed by atoms with Gasteiger partial charge in [0.2, 0.25) is 5.91 Å². The van der Waals surface area contributed by atoms with Crippen LogP contribution in [0.2, 0.25) is 0 Å². The van der Waals surface area contributed by atoms with Crippen molar-refractivity contribution in [1.29, 1.82) is 0 Å². The van der Waals surface area contributed by atoms with Crippen LogP contribution in [0, 0.1) is 17.8 Å². The average molecular weight is 413 g/mol. The number of amides is 2. The number of carbonyl (C=O) groups excluding carboxylic acids is 3. The minimum Gasteiger partial charge on any atom is -0.444 e. The van der Waals surface area contributed by atoms with E-state index < -0.39 is 29.9 Å². The molecule has 2 amide bonds. The van der Waals surface area contributed by atoms with Crippen molar-refractivity contribution in [3.63, 3.8) is 0 Å². The summed E-state index contributed by atoms with van der Waals surface area (Å²) in [6.07, 6.45) is 0.394. The van der Waals surface area contributed by atoms with Crippen molar-refractivity contribution in [2.45, 2.75) is 98.4 Å². The van der Waals surface area contributed by atoms with E-state index in [1.807, 2.05) is 27.7 Å². The monoisotopic (exact) mass is 412 g/mol. The molecule has 1 heterocycles. The van der Waals surface area contributed by atoms with Crippen molar-refractivity contribution in [1.82, 2.24) is 10.2 Å². The summed E-state index contributed by atoms with van der Waals surface area (Å²) in [4.78, 5) is 40.0. The number of likely N-dealkylation sites (tertiary alicyclic amines) is 1. The Morgan fingerprint density at radius 2 is 1.69 bits per heavy atom. The van der Waals surface area contributed by atoms with Gasteiger partial charge in [-0.1, -0.05) is 27.7 Å². The summed E-state index contributed by atoms with van der Waals surface area (Å²) in [5.41, 5.74) is -0.659. The van der Waals surface area contributed by atoms with Gasteiger partial charge in [-0.25, -0.2) is 4.79 Å². The summed E-state index contributed by atoms with van der Waals surface area (Å²) < 4.78 is 5.30. The lowest BCUT2D eigenvalue weighted by Crippen LogP contribution is -2.54. The Balaban J connectivity index is 2.90. The minimum absolute atomic E-state index is 0.0183. The van der Waals surface area contributed by atoms with Crippen LogP contribution in [-0.4, -0.2) is 58.1 Å². The molecule has 1 fully saturated rings. The summed E-state index contributed by atoms with van der Waals surface area (Å²) in [6, 6.07) is -1.25. The molecule has 0 aromatic rings. The molecule has 1 rings (SSSR count). The fourth-order valence-corrected chi connectivity index (χ4v) is 3.82. The van der Waals surface area contributed by atoms with Crippen molar-refractivity contribution in [3.05, 3.63) is 0 Å². The number of hydrogen-bond acceptors (Lipinski definition) is 5. The number of rotatable bonds is 8. The molecule has 1 aliphatic rings. The highest BCUT2D eigenvalue weighted by atomic mass is 16.6. The van der Waals surface area contributed by atoms with E-state index in [9.17, 15) is 19.5 Å². The lowest BCUT2D eigenvalue weighted by atomic mass is 9.85. The SMILES string of the molecule is CC(C)C(CC(=O)[C@H]1CCCN1C(=O)[C@H](NC(=O)OC(C)(C)C)C(C)C)C(C)O. The molecule has 1 saturated heterocycles. The summed E-state index contributed by atoms with van der Waals surface area (Å²) in [5.74, 6) is -0.384. The summed E-state index contributed by atoms with van der Waals surface area (Å²) >= 11 is 0. The minimum atomic E-state index is -0.754. The third-order valence-electron chi connectivity index (χ3n) is 5.43. The number of Topliss-reactive ketones (excluding diaryl/α,β-unsaturated/α-hetero) is 1. The number of carbonyl (C=O) groups is 3. The Bertz CT molecular complexity index is 572. The van der Waals surface area contributed by atoms with Crippen LogP contribution in [0.1, 0.15) is 74.7 Å². The van der Waals surface area contributed by atoms with Crippen molar-refractivity contribution in [2.75, 3.05) is 6.54 Å². The topological polar surface area (TPSA) is 95.9 Å². The van der Waals surface area contributed by atoms with Gasteiger partial charge in [0, 0.05) is 13.0 Å². The zero-order valence-corrected chi connectivity index (χ0v) is 19.3. The predicted molar refractivity (Wildman–Crippen MR) is 112 cm³/mol. The van der Waals surface area contributed by atoms with Crippen LogP contribution in [0.4, 0.5) is 4.79 Å². The molecule has 0 spiro atoms. The largest absolute Gasteiger partial charge is 0.444 e. The van der Waals surface area contributed by atoms with Gasteiger partial charge in [-0.3, -0.25) is 9.59 Å². The van der Waals surface area contributed by atoms with Gasteiger partial charge in [0.25, 0.3) is 0 Å². The van der Waals surface area contributed by atoms with Crippen LogP contribution < -0.4 is 5.32 Å². The highest BCUT2D eigenvalue weighted by Crippen LogP contribution is 2.26. The lowest BCUT2D eigenvalue weighted by molar-refractivity contribution is -0.140. The first-order valence-electron chi connectivity index (χ1n) is 10.7. The maximum atomic E-state index is 13.2. The van der Waals surface area contributed by atoms with Crippen LogP contribution in [0.5, 0.6) is 0 Å². The number of ketones is 1. The van der Waals surface area contributed by atoms with E-state index in [0.717, 1.165) is 6.42 Å². The molecule has 2 unspecified atom stereocenters. The van der Waals surface area contributed by atoms with Crippen LogP contribution in [0.25, 0.3) is 0 Å². The van der Waals surface area contributed by atoms with E-state index >= 15 is 0 Å². The Morgan fingerprint density at radius 1 is 1.10 bits per heavy atom. The lowest BCUT2D eigenvalue weighted by Gasteiger charge is -2.32. The molecule has 7 heteroatoms. The molecule has 0 radical (unpaired) electrons. The molecule has 7 nitrogen and oxygen atoms in total. The van der Waals surface area contributed by atoms with Gasteiger partial charge >= 0.3 is 6.09 Å². The van der Waals surface area contributed by atoms with Gasteiger partial charge < -0.3 is 20.1 Å². The third kappa shape index (κ3) is 7.61. The Hall–Kier alpha value is -1.63. The van der Waals surface area contributed by atoms with E-state index in [1.165, 1.54) is 0 Å². The molecule has 0 aromatic heterocycles. The summed E-state index contributed by atoms with van der Waals surface area (Å²) in [7, 11) is 0. The van der Waals surface area contributed by atoms with Crippen LogP contribution >= 0.6 is 0 Å². The Labute approximate surface area is 175 Å². The van der Waals surface area contributed by atoms with Crippen LogP contribution in [0.15, 0.2) is 0 Å². The fraction of sp³-hybridized carbons (Fsp3) is 0.864. The highest BCUT2D eigenvalue weighted by Gasteiger charge is 2.39. The second-order valence-corrected chi connectivity index (χ2v) is 9.88. The molecule has 0 saturated carbocycles. The van der Waals surface area contributed by atoms with Crippen LogP contribution in [0.3, 0.4) is 0 Å². The first-order chi connectivity index (χ1) is 13.2. The smallest absolute Gasteiger partial charge is 0.408 e. The van der Waals surface area contributed by atoms with Gasteiger partial charge in [0.15, 0.2) is 5.78 Å². The Kier molecular flexibility index (Phi) is 9.12. The molecule has 168 valence electrons. The molecule has 2 N–H and O–H groups in total. The van der Waals surface area contributed by atoms with Gasteiger partial charge in [-0.05, 0) is 58.3 Å². The van der Waals surface area contributed by atoms with Crippen molar-refractivity contribution < 1.29 is 24.2 Å². The van der Waals surface area contributed by atoms with Gasteiger partial charge in [0.1, 0.15) is 11.6 Å². The van der Waals surface area contributed by atoms with E-state index in [1.54, 1.807) is 32.6 Å². The van der Waals surface area contributed by atoms with Crippen LogP contribution in [-0.2, 0) is 14.3 Å². The number of aliphatic hydroxyl groups is 1.